The molecule has 3 aromatic rings. The van der Waals surface area contributed by atoms with Crippen LogP contribution in [0.2, 0.25) is 5.15 Å². The molecule has 7 nitrogen and oxygen atoms in total. The van der Waals surface area contributed by atoms with Crippen molar-refractivity contribution in [1.82, 2.24) is 15.3 Å². The third kappa shape index (κ3) is 4.94. The molecular formula is C19H14ClF3N4O3S. The lowest BCUT2D eigenvalue weighted by molar-refractivity contribution is -0.139. The third-order valence-electron chi connectivity index (χ3n) is 4.13. The maximum atomic E-state index is 13.2. The Labute approximate surface area is 180 Å². The van der Waals surface area contributed by atoms with Gasteiger partial charge in [-0.05, 0) is 24.3 Å². The lowest BCUT2D eigenvalue weighted by Gasteiger charge is -2.15. The summed E-state index contributed by atoms with van der Waals surface area (Å²) in [5.41, 5.74) is -0.547. The van der Waals surface area contributed by atoms with Gasteiger partial charge < -0.3 is 5.32 Å². The Kier molecular flexibility index (Phi) is 6.18. The van der Waals surface area contributed by atoms with Gasteiger partial charge in [-0.2, -0.15) is 13.2 Å². The van der Waals surface area contributed by atoms with Crippen molar-refractivity contribution in [2.45, 2.75) is 11.1 Å². The zero-order valence-electron chi connectivity index (χ0n) is 15.7. The molecule has 1 aromatic carbocycles. The van der Waals surface area contributed by atoms with Crippen LogP contribution in [-0.2, 0) is 16.2 Å². The van der Waals surface area contributed by atoms with Crippen LogP contribution in [0.1, 0.15) is 15.9 Å². The number of hydrogen-bond donors (Lipinski definition) is 2. The molecule has 0 aliphatic carbocycles. The number of hydrogen-bond acceptors (Lipinski definition) is 5. The first-order valence-electron chi connectivity index (χ1n) is 8.55. The van der Waals surface area contributed by atoms with Gasteiger partial charge in [0.25, 0.3) is 15.9 Å². The number of carbonyl (C=O) groups excluding carboxylic acids is 1. The number of pyridine rings is 2. The number of anilines is 1. The minimum absolute atomic E-state index is 0.235. The van der Waals surface area contributed by atoms with E-state index in [4.69, 9.17) is 11.6 Å². The van der Waals surface area contributed by atoms with E-state index in [1.165, 1.54) is 43.8 Å². The van der Waals surface area contributed by atoms with Gasteiger partial charge in [0.15, 0.2) is 5.15 Å². The number of nitrogens with one attached hydrogen (secondary N) is 2. The molecule has 0 fully saturated rings. The van der Waals surface area contributed by atoms with Gasteiger partial charge >= 0.3 is 6.18 Å². The Morgan fingerprint density at radius 3 is 2.42 bits per heavy atom. The molecule has 0 spiro atoms. The number of benzene rings is 1. The highest BCUT2D eigenvalue weighted by Gasteiger charge is 2.37. The van der Waals surface area contributed by atoms with Crippen molar-refractivity contribution >= 4 is 33.2 Å². The number of carbonyl (C=O) groups is 1. The van der Waals surface area contributed by atoms with Crippen LogP contribution in [0.4, 0.5) is 18.9 Å². The Morgan fingerprint density at radius 2 is 1.74 bits per heavy atom. The van der Waals surface area contributed by atoms with Gasteiger partial charge in [0.2, 0.25) is 0 Å². The lowest BCUT2D eigenvalue weighted by Crippen LogP contribution is -2.19. The van der Waals surface area contributed by atoms with Gasteiger partial charge in [0.1, 0.15) is 0 Å². The molecular weight excluding hydrogens is 457 g/mol. The molecule has 2 heterocycles. The number of nitrogens with zero attached hydrogens (tertiary/aromatic N) is 2. The molecule has 0 unspecified atom stereocenters. The molecule has 12 heteroatoms. The summed E-state index contributed by atoms with van der Waals surface area (Å²) in [5.74, 6) is -0.388. The van der Waals surface area contributed by atoms with Gasteiger partial charge in [0, 0.05) is 36.8 Å². The van der Waals surface area contributed by atoms with Crippen molar-refractivity contribution in [2.75, 3.05) is 11.8 Å². The van der Waals surface area contributed by atoms with E-state index in [9.17, 15) is 26.4 Å². The average Bonchev–Trinajstić information content (AvgIpc) is 2.74. The fraction of sp³-hybridized carbons (Fsp3) is 0.105. The van der Waals surface area contributed by atoms with Crippen molar-refractivity contribution in [3.63, 3.8) is 0 Å². The standard InChI is InChI=1S/C19H14ClF3N4O3S/c1-24-18(28)13-6-11(8-25-9-13)12-7-15(17(20)26-10-12)27-31(29,30)16-5-3-2-4-14(16)19(21,22)23/h2-10,27H,1H3,(H,24,28). The minimum Gasteiger partial charge on any atom is -0.355 e. The van der Waals surface area contributed by atoms with E-state index in [0.717, 1.165) is 12.1 Å². The molecule has 0 saturated carbocycles. The third-order valence-corrected chi connectivity index (χ3v) is 5.85. The monoisotopic (exact) mass is 470 g/mol. The maximum absolute atomic E-state index is 13.2. The van der Waals surface area contributed by atoms with Gasteiger partial charge in [-0.25, -0.2) is 13.4 Å². The lowest BCUT2D eigenvalue weighted by atomic mass is 10.1. The number of sulfonamides is 1. The van der Waals surface area contributed by atoms with Crippen molar-refractivity contribution in [3.8, 4) is 11.1 Å². The van der Waals surface area contributed by atoms with E-state index in [-0.39, 0.29) is 22.3 Å². The number of alkyl halides is 3. The van der Waals surface area contributed by atoms with Gasteiger partial charge in [-0.1, -0.05) is 23.7 Å². The number of rotatable bonds is 5. The second-order valence-electron chi connectivity index (χ2n) is 6.20. The molecule has 0 aliphatic heterocycles. The van der Waals surface area contributed by atoms with E-state index in [0.29, 0.717) is 17.2 Å². The van der Waals surface area contributed by atoms with Crippen LogP contribution < -0.4 is 10.0 Å². The van der Waals surface area contributed by atoms with Crippen molar-refractivity contribution in [2.24, 2.45) is 0 Å². The first kappa shape index (κ1) is 22.5. The van der Waals surface area contributed by atoms with Crippen LogP contribution in [-0.4, -0.2) is 31.3 Å². The SMILES string of the molecule is CNC(=O)c1cncc(-c2cnc(Cl)c(NS(=O)(=O)c3ccccc3C(F)(F)F)c2)c1. The van der Waals surface area contributed by atoms with E-state index in [1.54, 1.807) is 0 Å². The average molecular weight is 471 g/mol. The zero-order chi connectivity index (χ0) is 22.8. The minimum atomic E-state index is -4.87. The van der Waals surface area contributed by atoms with Crippen molar-refractivity contribution in [3.05, 3.63) is 71.3 Å². The quantitative estimate of drug-likeness (QED) is 0.549. The number of aromatic nitrogens is 2. The summed E-state index contributed by atoms with van der Waals surface area (Å²) in [6.45, 7) is 0. The van der Waals surface area contributed by atoms with Crippen molar-refractivity contribution < 1.29 is 26.4 Å². The summed E-state index contributed by atoms with van der Waals surface area (Å²) in [4.78, 5) is 18.7. The number of halogens is 4. The highest BCUT2D eigenvalue weighted by atomic mass is 35.5. The topological polar surface area (TPSA) is 101 Å². The molecule has 162 valence electrons. The van der Waals surface area contributed by atoms with E-state index in [1.807, 2.05) is 0 Å². The molecule has 0 atom stereocenters. The first-order chi connectivity index (χ1) is 14.5. The predicted molar refractivity (Wildman–Crippen MR) is 108 cm³/mol. The molecule has 3 rings (SSSR count). The van der Waals surface area contributed by atoms with E-state index < -0.39 is 26.7 Å². The highest BCUT2D eigenvalue weighted by molar-refractivity contribution is 7.92. The second kappa shape index (κ2) is 8.52. The normalized spacial score (nSPS) is 11.8. The van der Waals surface area contributed by atoms with Gasteiger partial charge in [-0.3, -0.25) is 14.5 Å². The summed E-state index contributed by atoms with van der Waals surface area (Å²) in [7, 11) is -3.20. The summed E-state index contributed by atoms with van der Waals surface area (Å²) in [6, 6.07) is 6.55. The summed E-state index contributed by atoms with van der Waals surface area (Å²) in [5, 5.41) is 2.18. The van der Waals surface area contributed by atoms with Crippen molar-refractivity contribution in [1.29, 1.82) is 0 Å². The van der Waals surface area contributed by atoms with Crippen LogP contribution >= 0.6 is 11.6 Å². The molecule has 31 heavy (non-hydrogen) atoms. The molecule has 0 saturated heterocycles. The fourth-order valence-corrected chi connectivity index (χ4v) is 4.17. The summed E-state index contributed by atoms with van der Waals surface area (Å²) >= 11 is 5.97. The molecule has 1 amide bonds. The summed E-state index contributed by atoms with van der Waals surface area (Å²) in [6.07, 6.45) is -0.812. The zero-order valence-corrected chi connectivity index (χ0v) is 17.3. The summed E-state index contributed by atoms with van der Waals surface area (Å²) < 4.78 is 67.2. The molecule has 0 aliphatic rings. The molecule has 2 N–H and O–H groups in total. The Hall–Kier alpha value is -3.18. The highest BCUT2D eigenvalue weighted by Crippen LogP contribution is 2.35. The van der Waals surface area contributed by atoms with Crippen LogP contribution in [0.25, 0.3) is 11.1 Å². The molecule has 0 radical (unpaired) electrons. The smallest absolute Gasteiger partial charge is 0.355 e. The van der Waals surface area contributed by atoms with Crippen LogP contribution in [0.5, 0.6) is 0 Å². The first-order valence-corrected chi connectivity index (χ1v) is 10.4. The largest absolute Gasteiger partial charge is 0.417 e. The number of amides is 1. The van der Waals surface area contributed by atoms with E-state index >= 15 is 0 Å². The fourth-order valence-electron chi connectivity index (χ4n) is 2.68. The Balaban J connectivity index is 2.02. The van der Waals surface area contributed by atoms with Crippen LogP contribution in [0.3, 0.4) is 0 Å². The predicted octanol–water partition coefficient (Wildman–Crippen LogP) is 3.98. The molecule has 2 aromatic heterocycles. The van der Waals surface area contributed by atoms with Gasteiger partial charge in [0.05, 0.1) is 21.7 Å². The maximum Gasteiger partial charge on any atom is 0.417 e. The second-order valence-corrected chi connectivity index (χ2v) is 8.21. The van der Waals surface area contributed by atoms with Crippen LogP contribution in [0.15, 0.2) is 59.9 Å². The van der Waals surface area contributed by atoms with Gasteiger partial charge in [-0.15, -0.1) is 0 Å². The van der Waals surface area contributed by atoms with E-state index in [2.05, 4.69) is 20.0 Å². The Bertz CT molecular complexity index is 1250. The molecule has 0 bridgehead atoms. The van der Waals surface area contributed by atoms with Crippen LogP contribution in [0, 0.1) is 0 Å². The Morgan fingerprint density at radius 1 is 1.06 bits per heavy atom.